The van der Waals surface area contributed by atoms with E-state index in [4.69, 9.17) is 0 Å². The summed E-state index contributed by atoms with van der Waals surface area (Å²) >= 11 is 0. The second kappa shape index (κ2) is 6.81. The van der Waals surface area contributed by atoms with Crippen LogP contribution in [0.5, 0.6) is 0 Å². The molecule has 0 radical (unpaired) electrons. The van der Waals surface area contributed by atoms with Gasteiger partial charge in [-0.15, -0.1) is 0 Å². The van der Waals surface area contributed by atoms with Gasteiger partial charge in [-0.25, -0.2) is 0 Å². The van der Waals surface area contributed by atoms with Crippen LogP contribution >= 0.6 is 0 Å². The molecule has 0 spiro atoms. The van der Waals surface area contributed by atoms with Crippen molar-refractivity contribution >= 4 is 5.78 Å². The number of hydrogen-bond acceptors (Lipinski definition) is 2. The Morgan fingerprint density at radius 1 is 1.10 bits per heavy atom. The van der Waals surface area contributed by atoms with Crippen LogP contribution in [0.4, 0.5) is 0 Å². The quantitative estimate of drug-likeness (QED) is 0.733. The predicted molar refractivity (Wildman–Crippen MR) is 87.2 cm³/mol. The lowest BCUT2D eigenvalue weighted by Crippen LogP contribution is -2.37. The van der Waals surface area contributed by atoms with Crippen molar-refractivity contribution in [1.82, 2.24) is 4.90 Å². The zero-order valence-corrected chi connectivity index (χ0v) is 14.0. The molecule has 2 bridgehead atoms. The summed E-state index contributed by atoms with van der Waals surface area (Å²) in [6, 6.07) is 0. The number of ketones is 1. The molecule has 5 atom stereocenters. The Morgan fingerprint density at radius 2 is 1.95 bits per heavy atom. The first kappa shape index (κ1) is 15.5. The molecule has 0 aromatic heterocycles. The minimum Gasteiger partial charge on any atom is -0.305 e. The molecule has 0 N–H and O–H groups in total. The summed E-state index contributed by atoms with van der Waals surface area (Å²) in [4.78, 5) is 14.7. The highest BCUT2D eigenvalue weighted by atomic mass is 16.1. The Labute approximate surface area is 130 Å². The molecule has 0 aromatic rings. The highest BCUT2D eigenvalue weighted by Crippen LogP contribution is 2.48. The van der Waals surface area contributed by atoms with Crippen LogP contribution in [0.25, 0.3) is 0 Å². The molecule has 3 aliphatic rings. The molecule has 0 aliphatic heterocycles. The van der Waals surface area contributed by atoms with Crippen LogP contribution in [0.3, 0.4) is 0 Å². The van der Waals surface area contributed by atoms with Crippen molar-refractivity contribution in [2.45, 2.75) is 64.7 Å². The fourth-order valence-corrected chi connectivity index (χ4v) is 5.50. The third kappa shape index (κ3) is 3.70. The molecule has 3 rings (SSSR count). The van der Waals surface area contributed by atoms with Crippen LogP contribution in [0.1, 0.15) is 64.7 Å². The fraction of sp³-hybridized carbons (Fsp3) is 0.947. The lowest BCUT2D eigenvalue weighted by atomic mass is 9.78. The molecule has 0 heterocycles. The SMILES string of the molecule is CCCC1CCC(=O)C(CN(C)CC2CC3CCC2C3)C1. The predicted octanol–water partition coefficient (Wildman–Crippen LogP) is 4.14. The number of carbonyl (C=O) groups is 1. The highest BCUT2D eigenvalue weighted by Gasteiger charge is 2.40. The molecule has 2 heteroatoms. The summed E-state index contributed by atoms with van der Waals surface area (Å²) in [5, 5.41) is 0. The van der Waals surface area contributed by atoms with E-state index in [2.05, 4.69) is 18.9 Å². The molecule has 0 aromatic carbocycles. The van der Waals surface area contributed by atoms with E-state index in [0.29, 0.717) is 11.7 Å². The minimum atomic E-state index is 0.332. The van der Waals surface area contributed by atoms with Gasteiger partial charge in [0.2, 0.25) is 0 Å². The summed E-state index contributed by atoms with van der Waals surface area (Å²) in [6.45, 7) is 4.53. The molecule has 3 aliphatic carbocycles. The van der Waals surface area contributed by atoms with Gasteiger partial charge < -0.3 is 4.90 Å². The average Bonchev–Trinajstić information content (AvgIpc) is 3.05. The van der Waals surface area contributed by atoms with E-state index in [0.717, 1.165) is 49.5 Å². The van der Waals surface area contributed by atoms with E-state index in [1.54, 1.807) is 0 Å². The number of hydrogen-bond donors (Lipinski definition) is 0. The topological polar surface area (TPSA) is 20.3 Å². The first-order valence-electron chi connectivity index (χ1n) is 9.37. The first-order valence-corrected chi connectivity index (χ1v) is 9.37. The van der Waals surface area contributed by atoms with Crippen molar-refractivity contribution in [2.75, 3.05) is 20.1 Å². The summed E-state index contributed by atoms with van der Waals surface area (Å²) in [7, 11) is 2.25. The molecule has 3 fully saturated rings. The Kier molecular flexibility index (Phi) is 5.03. The van der Waals surface area contributed by atoms with Gasteiger partial charge in [-0.3, -0.25) is 4.79 Å². The standard InChI is InChI=1S/C19H33NO/c1-3-4-14-6-8-19(21)18(9-14)13-20(2)12-17-11-15-5-7-16(17)10-15/h14-18H,3-13H2,1-2H3. The van der Waals surface area contributed by atoms with Gasteiger partial charge >= 0.3 is 0 Å². The number of carbonyl (C=O) groups excluding carboxylic acids is 1. The maximum Gasteiger partial charge on any atom is 0.137 e. The summed E-state index contributed by atoms with van der Waals surface area (Å²) in [5.41, 5.74) is 0. The molecular weight excluding hydrogens is 258 g/mol. The van der Waals surface area contributed by atoms with Crippen molar-refractivity contribution in [1.29, 1.82) is 0 Å². The Bertz CT molecular complexity index is 367. The number of fused-ring (bicyclic) bond motifs is 2. The smallest absolute Gasteiger partial charge is 0.137 e. The van der Waals surface area contributed by atoms with Gasteiger partial charge in [0.05, 0.1) is 0 Å². The minimum absolute atomic E-state index is 0.332. The van der Waals surface area contributed by atoms with Gasteiger partial charge in [0.15, 0.2) is 0 Å². The Hall–Kier alpha value is -0.370. The fourth-order valence-electron chi connectivity index (χ4n) is 5.50. The van der Waals surface area contributed by atoms with Crippen LogP contribution < -0.4 is 0 Å². The van der Waals surface area contributed by atoms with Crippen LogP contribution in [-0.2, 0) is 4.79 Å². The van der Waals surface area contributed by atoms with Gasteiger partial charge in [-0.1, -0.05) is 26.2 Å². The maximum absolute atomic E-state index is 12.2. The van der Waals surface area contributed by atoms with Gasteiger partial charge in [0, 0.05) is 25.4 Å². The van der Waals surface area contributed by atoms with Gasteiger partial charge in [0.25, 0.3) is 0 Å². The van der Waals surface area contributed by atoms with E-state index < -0.39 is 0 Å². The van der Waals surface area contributed by atoms with Crippen LogP contribution in [0.2, 0.25) is 0 Å². The average molecular weight is 291 g/mol. The summed E-state index contributed by atoms with van der Waals surface area (Å²) < 4.78 is 0. The number of nitrogens with zero attached hydrogens (tertiary/aromatic N) is 1. The van der Waals surface area contributed by atoms with E-state index in [-0.39, 0.29) is 0 Å². The van der Waals surface area contributed by atoms with E-state index >= 15 is 0 Å². The third-order valence-corrected chi connectivity index (χ3v) is 6.53. The molecule has 120 valence electrons. The molecule has 3 saturated carbocycles. The van der Waals surface area contributed by atoms with Crippen molar-refractivity contribution in [3.05, 3.63) is 0 Å². The molecule has 2 nitrogen and oxygen atoms in total. The molecule has 0 amide bonds. The van der Waals surface area contributed by atoms with Crippen molar-refractivity contribution < 1.29 is 4.79 Å². The lowest BCUT2D eigenvalue weighted by molar-refractivity contribution is -0.126. The zero-order valence-electron chi connectivity index (χ0n) is 14.0. The van der Waals surface area contributed by atoms with E-state index in [9.17, 15) is 4.79 Å². The lowest BCUT2D eigenvalue weighted by Gasteiger charge is -2.33. The number of Topliss-reactive ketones (excluding diaryl/α,β-unsaturated/α-hetero) is 1. The van der Waals surface area contributed by atoms with Gasteiger partial charge in [0.1, 0.15) is 5.78 Å². The van der Waals surface area contributed by atoms with Crippen molar-refractivity contribution in [3.8, 4) is 0 Å². The molecular formula is C19H33NO. The zero-order chi connectivity index (χ0) is 14.8. The Balaban J connectivity index is 1.47. The normalized spacial score (nSPS) is 39.4. The van der Waals surface area contributed by atoms with Crippen molar-refractivity contribution in [3.63, 3.8) is 0 Å². The first-order chi connectivity index (χ1) is 10.2. The number of rotatable bonds is 6. The second-order valence-corrected chi connectivity index (χ2v) is 8.25. The summed E-state index contributed by atoms with van der Waals surface area (Å²) in [6.07, 6.45) is 11.7. The van der Waals surface area contributed by atoms with E-state index in [1.165, 1.54) is 45.1 Å². The van der Waals surface area contributed by atoms with Gasteiger partial charge in [-0.2, -0.15) is 0 Å². The van der Waals surface area contributed by atoms with Crippen LogP contribution in [-0.4, -0.2) is 30.8 Å². The van der Waals surface area contributed by atoms with Crippen LogP contribution in [0.15, 0.2) is 0 Å². The summed E-state index contributed by atoms with van der Waals surface area (Å²) in [5.74, 6) is 4.67. The third-order valence-electron chi connectivity index (χ3n) is 6.53. The van der Waals surface area contributed by atoms with Gasteiger partial charge in [-0.05, 0) is 62.8 Å². The molecule has 21 heavy (non-hydrogen) atoms. The highest BCUT2D eigenvalue weighted by molar-refractivity contribution is 5.81. The second-order valence-electron chi connectivity index (χ2n) is 8.25. The molecule has 5 unspecified atom stereocenters. The Morgan fingerprint density at radius 3 is 2.62 bits per heavy atom. The molecule has 0 saturated heterocycles. The largest absolute Gasteiger partial charge is 0.305 e. The van der Waals surface area contributed by atoms with Crippen molar-refractivity contribution in [2.24, 2.45) is 29.6 Å². The van der Waals surface area contributed by atoms with Crippen LogP contribution in [0, 0.1) is 29.6 Å². The maximum atomic E-state index is 12.2. The monoisotopic (exact) mass is 291 g/mol. The van der Waals surface area contributed by atoms with E-state index in [1.807, 2.05) is 0 Å².